The largest absolute Gasteiger partial charge is 0.478 e. The van der Waals surface area contributed by atoms with Crippen molar-refractivity contribution in [2.75, 3.05) is 11.9 Å². The fourth-order valence-electron chi connectivity index (χ4n) is 3.05. The number of nitrogens with zero attached hydrogens (tertiary/aromatic N) is 1. The van der Waals surface area contributed by atoms with Crippen molar-refractivity contribution in [2.24, 2.45) is 0 Å². The first-order chi connectivity index (χ1) is 15.8. The van der Waals surface area contributed by atoms with Crippen LogP contribution in [0.15, 0.2) is 70.0 Å². The Morgan fingerprint density at radius 2 is 1.85 bits per heavy atom. The van der Waals surface area contributed by atoms with Gasteiger partial charge in [-0.1, -0.05) is 29.8 Å². The van der Waals surface area contributed by atoms with Crippen molar-refractivity contribution < 1.29 is 28.7 Å². The van der Waals surface area contributed by atoms with Crippen LogP contribution in [0.2, 0.25) is 5.02 Å². The molecule has 2 heterocycles. The highest BCUT2D eigenvalue weighted by Gasteiger charge is 2.36. The van der Waals surface area contributed by atoms with Gasteiger partial charge in [-0.25, -0.2) is 4.79 Å². The first-order valence-corrected chi connectivity index (χ1v) is 10.7. The topological polar surface area (TPSA) is 117 Å². The predicted octanol–water partition coefficient (Wildman–Crippen LogP) is 4.97. The molecule has 10 heteroatoms. The number of thioether (sulfide) groups is 1. The summed E-state index contributed by atoms with van der Waals surface area (Å²) in [6, 6.07) is 16.0. The normalized spacial score (nSPS) is 14.7. The molecule has 1 aliphatic heterocycles. The molecule has 1 aliphatic rings. The summed E-state index contributed by atoms with van der Waals surface area (Å²) in [4.78, 5) is 49.4. The second-order valence-corrected chi connectivity index (χ2v) is 8.28. The van der Waals surface area contributed by atoms with Crippen molar-refractivity contribution in [1.29, 1.82) is 0 Å². The van der Waals surface area contributed by atoms with Gasteiger partial charge in [0, 0.05) is 17.3 Å². The first kappa shape index (κ1) is 22.4. The van der Waals surface area contributed by atoms with E-state index < -0.39 is 29.6 Å². The number of furan rings is 1. The maximum absolute atomic E-state index is 12.7. The average molecular weight is 483 g/mol. The van der Waals surface area contributed by atoms with E-state index in [2.05, 4.69) is 5.32 Å². The van der Waals surface area contributed by atoms with Gasteiger partial charge in [0.15, 0.2) is 0 Å². The number of hydrogen-bond acceptors (Lipinski definition) is 6. The Morgan fingerprint density at radius 3 is 2.58 bits per heavy atom. The van der Waals surface area contributed by atoms with Gasteiger partial charge in [0.1, 0.15) is 18.1 Å². The highest BCUT2D eigenvalue weighted by molar-refractivity contribution is 8.18. The van der Waals surface area contributed by atoms with Gasteiger partial charge >= 0.3 is 5.97 Å². The number of carboxylic acid groups (broad SMARTS) is 1. The Labute approximate surface area is 196 Å². The molecule has 4 rings (SSSR count). The van der Waals surface area contributed by atoms with Crippen molar-refractivity contribution in [1.82, 2.24) is 4.90 Å². The molecule has 8 nitrogen and oxygen atoms in total. The average Bonchev–Trinajstić information content (AvgIpc) is 3.35. The molecule has 0 spiro atoms. The summed E-state index contributed by atoms with van der Waals surface area (Å²) in [7, 11) is 0. The Bertz CT molecular complexity index is 1300. The Kier molecular flexibility index (Phi) is 6.34. The molecule has 0 saturated carbocycles. The molecule has 33 heavy (non-hydrogen) atoms. The molecule has 0 unspecified atom stereocenters. The Hall–Kier alpha value is -3.82. The number of halogens is 1. The van der Waals surface area contributed by atoms with Crippen LogP contribution in [0, 0.1) is 0 Å². The smallest absolute Gasteiger partial charge is 0.335 e. The van der Waals surface area contributed by atoms with E-state index >= 15 is 0 Å². The molecule has 2 N–H and O–H groups in total. The summed E-state index contributed by atoms with van der Waals surface area (Å²) in [5, 5.41) is 11.5. The summed E-state index contributed by atoms with van der Waals surface area (Å²) in [6.07, 6.45) is 1.39. The van der Waals surface area contributed by atoms with Crippen LogP contribution in [0.25, 0.3) is 17.4 Å². The van der Waals surface area contributed by atoms with Gasteiger partial charge in [0.05, 0.1) is 15.5 Å². The fraction of sp³-hybridized carbons (Fsp3) is 0.0435. The van der Waals surface area contributed by atoms with E-state index in [1.807, 2.05) is 0 Å². The maximum Gasteiger partial charge on any atom is 0.335 e. The highest BCUT2D eigenvalue weighted by Crippen LogP contribution is 2.35. The van der Waals surface area contributed by atoms with Crippen molar-refractivity contribution >= 4 is 58.1 Å². The molecule has 0 aliphatic carbocycles. The lowest BCUT2D eigenvalue weighted by Gasteiger charge is -2.12. The van der Waals surface area contributed by atoms with Gasteiger partial charge in [0.25, 0.3) is 11.1 Å². The third-order valence-electron chi connectivity index (χ3n) is 4.61. The third-order valence-corrected chi connectivity index (χ3v) is 5.85. The summed E-state index contributed by atoms with van der Waals surface area (Å²) < 4.78 is 5.70. The number of amides is 3. The number of para-hydroxylation sites is 1. The zero-order chi connectivity index (χ0) is 23.5. The van der Waals surface area contributed by atoms with Crippen LogP contribution in [-0.2, 0) is 9.59 Å². The minimum Gasteiger partial charge on any atom is -0.478 e. The molecule has 0 atom stereocenters. The number of rotatable bonds is 6. The zero-order valence-corrected chi connectivity index (χ0v) is 18.4. The second-order valence-electron chi connectivity index (χ2n) is 6.88. The van der Waals surface area contributed by atoms with Crippen molar-refractivity contribution in [3.8, 4) is 11.3 Å². The highest BCUT2D eigenvalue weighted by atomic mass is 35.5. The molecule has 0 radical (unpaired) electrons. The van der Waals surface area contributed by atoms with Crippen LogP contribution in [-0.4, -0.2) is 39.6 Å². The molecule has 3 amide bonds. The summed E-state index contributed by atoms with van der Waals surface area (Å²) in [6.45, 7) is -0.419. The van der Waals surface area contributed by atoms with E-state index in [1.54, 1.807) is 42.5 Å². The van der Waals surface area contributed by atoms with Gasteiger partial charge in [-0.15, -0.1) is 0 Å². The fourth-order valence-corrected chi connectivity index (χ4v) is 4.08. The molecule has 1 saturated heterocycles. The number of aromatic carboxylic acids is 1. The molecule has 166 valence electrons. The SMILES string of the molecule is O=C(CN1C(=O)SC(=Cc2ccc(-c3cc(C(=O)O)ccc3Cl)o2)C1=O)Nc1ccccc1. The maximum atomic E-state index is 12.7. The van der Waals surface area contributed by atoms with E-state index in [0.717, 1.165) is 4.90 Å². The number of imide groups is 1. The number of carbonyl (C=O) groups excluding carboxylic acids is 3. The van der Waals surface area contributed by atoms with Gasteiger partial charge in [-0.2, -0.15) is 0 Å². The summed E-state index contributed by atoms with van der Waals surface area (Å²) in [5.74, 6) is -1.66. The van der Waals surface area contributed by atoms with E-state index in [9.17, 15) is 24.3 Å². The van der Waals surface area contributed by atoms with E-state index in [-0.39, 0.29) is 16.2 Å². The van der Waals surface area contributed by atoms with E-state index in [4.69, 9.17) is 16.0 Å². The number of hydrogen-bond donors (Lipinski definition) is 2. The number of nitrogens with one attached hydrogen (secondary N) is 1. The number of carbonyl (C=O) groups is 4. The summed E-state index contributed by atoms with van der Waals surface area (Å²) in [5.41, 5.74) is 0.975. The minimum absolute atomic E-state index is 0.0437. The minimum atomic E-state index is -1.11. The van der Waals surface area contributed by atoms with Crippen LogP contribution in [0.3, 0.4) is 0 Å². The van der Waals surface area contributed by atoms with Crippen molar-refractivity contribution in [3.63, 3.8) is 0 Å². The quantitative estimate of drug-likeness (QED) is 0.476. The van der Waals surface area contributed by atoms with Crippen LogP contribution >= 0.6 is 23.4 Å². The molecule has 0 bridgehead atoms. The first-order valence-electron chi connectivity index (χ1n) is 9.55. The Balaban J connectivity index is 1.49. The van der Waals surface area contributed by atoms with E-state index in [1.165, 1.54) is 24.3 Å². The number of benzene rings is 2. The molecule has 1 fully saturated rings. The predicted molar refractivity (Wildman–Crippen MR) is 124 cm³/mol. The molecular weight excluding hydrogens is 468 g/mol. The van der Waals surface area contributed by atoms with Crippen molar-refractivity contribution in [3.05, 3.63) is 81.9 Å². The molecule has 3 aromatic rings. The van der Waals surface area contributed by atoms with Crippen LogP contribution in [0.4, 0.5) is 10.5 Å². The molecular formula is C23H15ClN2O6S. The van der Waals surface area contributed by atoms with Crippen LogP contribution in [0.5, 0.6) is 0 Å². The second kappa shape index (κ2) is 9.35. The lowest BCUT2D eigenvalue weighted by atomic mass is 10.1. The zero-order valence-electron chi connectivity index (χ0n) is 16.8. The standard InChI is InChI=1S/C23H15ClN2O6S/c24-17-8-6-13(22(29)30)10-16(17)18-9-7-15(32-18)11-19-21(28)26(23(31)33-19)12-20(27)25-14-4-2-1-3-5-14/h1-11H,12H2,(H,25,27)(H,29,30). The molecule has 1 aromatic heterocycles. The van der Waals surface area contributed by atoms with Crippen molar-refractivity contribution in [2.45, 2.75) is 0 Å². The third kappa shape index (κ3) is 5.00. The monoisotopic (exact) mass is 482 g/mol. The lowest BCUT2D eigenvalue weighted by molar-refractivity contribution is -0.127. The number of carboxylic acids is 1. The van der Waals surface area contributed by atoms with Gasteiger partial charge in [-0.05, 0) is 54.2 Å². The van der Waals surface area contributed by atoms with Crippen LogP contribution < -0.4 is 5.32 Å². The molecule has 2 aromatic carbocycles. The lowest BCUT2D eigenvalue weighted by Crippen LogP contribution is -2.36. The van der Waals surface area contributed by atoms with Crippen LogP contribution in [0.1, 0.15) is 16.1 Å². The van der Waals surface area contributed by atoms with Gasteiger partial charge in [0.2, 0.25) is 5.91 Å². The Morgan fingerprint density at radius 1 is 1.09 bits per heavy atom. The van der Waals surface area contributed by atoms with Gasteiger partial charge in [-0.3, -0.25) is 19.3 Å². The van der Waals surface area contributed by atoms with Gasteiger partial charge < -0.3 is 14.8 Å². The van der Waals surface area contributed by atoms with E-state index in [0.29, 0.717) is 33.8 Å². The number of anilines is 1. The summed E-state index contributed by atoms with van der Waals surface area (Å²) >= 11 is 6.86.